The van der Waals surface area contributed by atoms with Crippen molar-refractivity contribution in [1.29, 1.82) is 5.26 Å². The number of hydrogen-bond donors (Lipinski definition) is 1. The molecule has 0 radical (unpaired) electrons. The molecule has 0 aliphatic carbocycles. The quantitative estimate of drug-likeness (QED) is 0.846. The average molecular weight is 289 g/mol. The van der Waals surface area contributed by atoms with Gasteiger partial charge in [-0.2, -0.15) is 5.26 Å². The minimum atomic E-state index is -0.482. The zero-order valence-corrected chi connectivity index (χ0v) is 13.1. The Kier molecular flexibility index (Phi) is 6.19. The standard InChI is InChI=1S/C16H23N3O2/c1-16(2,3)21-15(20)19(4)10-9-18-12-14-8-6-5-7-13(14)11-17/h5-8,18H,9-10,12H2,1-4H3. The highest BCUT2D eigenvalue weighted by Crippen LogP contribution is 2.09. The summed E-state index contributed by atoms with van der Waals surface area (Å²) in [5.74, 6) is 0. The van der Waals surface area contributed by atoms with Crippen LogP contribution in [0.4, 0.5) is 4.79 Å². The summed E-state index contributed by atoms with van der Waals surface area (Å²) in [6, 6.07) is 9.63. The average Bonchev–Trinajstić information content (AvgIpc) is 2.41. The fraction of sp³-hybridized carbons (Fsp3) is 0.500. The van der Waals surface area contributed by atoms with Crippen molar-refractivity contribution in [2.45, 2.75) is 32.9 Å². The van der Waals surface area contributed by atoms with E-state index in [-0.39, 0.29) is 6.09 Å². The summed E-state index contributed by atoms with van der Waals surface area (Å²) < 4.78 is 5.27. The van der Waals surface area contributed by atoms with Gasteiger partial charge in [0.2, 0.25) is 0 Å². The molecule has 0 bridgehead atoms. The number of nitrogens with one attached hydrogen (secondary N) is 1. The van der Waals surface area contributed by atoms with Crippen LogP contribution in [-0.4, -0.2) is 36.7 Å². The summed E-state index contributed by atoms with van der Waals surface area (Å²) in [6.07, 6.45) is -0.332. The normalized spacial score (nSPS) is 10.8. The van der Waals surface area contributed by atoms with E-state index in [1.54, 1.807) is 13.1 Å². The lowest BCUT2D eigenvalue weighted by atomic mass is 10.1. The van der Waals surface area contributed by atoms with E-state index in [1.165, 1.54) is 4.90 Å². The van der Waals surface area contributed by atoms with Gasteiger partial charge in [-0.3, -0.25) is 0 Å². The van der Waals surface area contributed by atoms with Crippen LogP contribution in [-0.2, 0) is 11.3 Å². The number of rotatable bonds is 5. The number of likely N-dealkylation sites (N-methyl/N-ethyl adjacent to an activating group) is 1. The third kappa shape index (κ3) is 6.28. The lowest BCUT2D eigenvalue weighted by molar-refractivity contribution is 0.0300. The van der Waals surface area contributed by atoms with Crippen LogP contribution in [0.5, 0.6) is 0 Å². The predicted molar refractivity (Wildman–Crippen MR) is 81.7 cm³/mol. The fourth-order valence-corrected chi connectivity index (χ4v) is 1.68. The van der Waals surface area contributed by atoms with Crippen LogP contribution < -0.4 is 5.32 Å². The predicted octanol–water partition coefficient (Wildman–Crippen LogP) is 2.51. The Hall–Kier alpha value is -2.06. The van der Waals surface area contributed by atoms with Gasteiger partial charge in [-0.05, 0) is 32.4 Å². The molecule has 0 aliphatic rings. The number of carbonyl (C=O) groups is 1. The van der Waals surface area contributed by atoms with Gasteiger partial charge >= 0.3 is 6.09 Å². The molecule has 0 aliphatic heterocycles. The van der Waals surface area contributed by atoms with E-state index in [2.05, 4.69) is 11.4 Å². The second-order valence-electron chi connectivity index (χ2n) is 5.85. The number of benzene rings is 1. The molecule has 0 heterocycles. The SMILES string of the molecule is CN(CCNCc1ccccc1C#N)C(=O)OC(C)(C)C. The highest BCUT2D eigenvalue weighted by molar-refractivity contribution is 5.67. The first-order valence-electron chi connectivity index (χ1n) is 6.96. The van der Waals surface area contributed by atoms with Crippen LogP contribution in [0.2, 0.25) is 0 Å². The van der Waals surface area contributed by atoms with E-state index < -0.39 is 5.60 Å². The molecule has 0 unspecified atom stereocenters. The minimum absolute atomic E-state index is 0.332. The molecule has 21 heavy (non-hydrogen) atoms. The van der Waals surface area contributed by atoms with Crippen molar-refractivity contribution in [3.63, 3.8) is 0 Å². The third-order valence-corrected chi connectivity index (χ3v) is 2.78. The molecule has 1 rings (SSSR count). The van der Waals surface area contributed by atoms with Crippen molar-refractivity contribution < 1.29 is 9.53 Å². The maximum absolute atomic E-state index is 11.8. The van der Waals surface area contributed by atoms with E-state index >= 15 is 0 Å². The van der Waals surface area contributed by atoms with Crippen molar-refractivity contribution in [2.24, 2.45) is 0 Å². The Balaban J connectivity index is 2.34. The number of nitrogens with zero attached hydrogens (tertiary/aromatic N) is 2. The number of amides is 1. The summed E-state index contributed by atoms with van der Waals surface area (Å²) in [7, 11) is 1.71. The molecule has 0 saturated carbocycles. The topological polar surface area (TPSA) is 65.4 Å². The molecule has 0 spiro atoms. The lowest BCUT2D eigenvalue weighted by Gasteiger charge is -2.24. The lowest BCUT2D eigenvalue weighted by Crippen LogP contribution is -2.37. The molecular formula is C16H23N3O2. The molecule has 5 heteroatoms. The summed E-state index contributed by atoms with van der Waals surface area (Å²) >= 11 is 0. The van der Waals surface area contributed by atoms with E-state index in [4.69, 9.17) is 10.00 Å². The molecule has 0 atom stereocenters. The van der Waals surface area contributed by atoms with Gasteiger partial charge < -0.3 is 15.0 Å². The Morgan fingerprint density at radius 2 is 2.05 bits per heavy atom. The van der Waals surface area contributed by atoms with Gasteiger partial charge in [0.25, 0.3) is 0 Å². The largest absolute Gasteiger partial charge is 0.444 e. The molecule has 1 aromatic rings. The van der Waals surface area contributed by atoms with Crippen LogP contribution in [0.1, 0.15) is 31.9 Å². The smallest absolute Gasteiger partial charge is 0.410 e. The minimum Gasteiger partial charge on any atom is -0.444 e. The third-order valence-electron chi connectivity index (χ3n) is 2.78. The van der Waals surface area contributed by atoms with Crippen molar-refractivity contribution in [2.75, 3.05) is 20.1 Å². The first-order valence-corrected chi connectivity index (χ1v) is 6.96. The second kappa shape index (κ2) is 7.65. The summed E-state index contributed by atoms with van der Waals surface area (Å²) in [5.41, 5.74) is 1.15. The van der Waals surface area contributed by atoms with Crippen molar-refractivity contribution in [3.8, 4) is 6.07 Å². The molecule has 0 fully saturated rings. The number of nitriles is 1. The van der Waals surface area contributed by atoms with E-state index in [0.29, 0.717) is 25.2 Å². The summed E-state index contributed by atoms with van der Waals surface area (Å²) in [4.78, 5) is 13.3. The van der Waals surface area contributed by atoms with E-state index in [1.807, 2.05) is 39.0 Å². The second-order valence-corrected chi connectivity index (χ2v) is 5.85. The van der Waals surface area contributed by atoms with Crippen LogP contribution in [0.3, 0.4) is 0 Å². The Bertz CT molecular complexity index is 515. The molecule has 114 valence electrons. The highest BCUT2D eigenvalue weighted by atomic mass is 16.6. The van der Waals surface area contributed by atoms with Gasteiger partial charge in [-0.15, -0.1) is 0 Å². The zero-order valence-electron chi connectivity index (χ0n) is 13.1. The van der Waals surface area contributed by atoms with E-state index in [9.17, 15) is 4.79 Å². The molecule has 1 amide bonds. The molecule has 1 N–H and O–H groups in total. The zero-order chi connectivity index (χ0) is 15.9. The maximum Gasteiger partial charge on any atom is 0.410 e. The van der Waals surface area contributed by atoms with Crippen molar-refractivity contribution >= 4 is 6.09 Å². The van der Waals surface area contributed by atoms with Gasteiger partial charge in [-0.1, -0.05) is 18.2 Å². The fourth-order valence-electron chi connectivity index (χ4n) is 1.68. The van der Waals surface area contributed by atoms with Crippen LogP contribution in [0.25, 0.3) is 0 Å². The number of hydrogen-bond acceptors (Lipinski definition) is 4. The van der Waals surface area contributed by atoms with Crippen molar-refractivity contribution in [3.05, 3.63) is 35.4 Å². The Labute approximate surface area is 126 Å². The monoisotopic (exact) mass is 289 g/mol. The van der Waals surface area contributed by atoms with Crippen LogP contribution >= 0.6 is 0 Å². The molecule has 0 aromatic heterocycles. The number of carbonyl (C=O) groups excluding carboxylic acids is 1. The molecular weight excluding hydrogens is 266 g/mol. The summed E-state index contributed by atoms with van der Waals surface area (Å²) in [5, 5.41) is 12.2. The van der Waals surface area contributed by atoms with Gasteiger partial charge in [0.15, 0.2) is 0 Å². The van der Waals surface area contributed by atoms with Crippen LogP contribution in [0.15, 0.2) is 24.3 Å². The molecule has 5 nitrogen and oxygen atoms in total. The first-order chi connectivity index (χ1) is 9.83. The molecule has 1 aromatic carbocycles. The summed E-state index contributed by atoms with van der Waals surface area (Å²) in [6.45, 7) is 7.31. The molecule has 0 saturated heterocycles. The maximum atomic E-state index is 11.8. The number of ether oxygens (including phenoxy) is 1. The first kappa shape index (κ1) is 17.0. The van der Waals surface area contributed by atoms with E-state index in [0.717, 1.165) is 5.56 Å². The van der Waals surface area contributed by atoms with Gasteiger partial charge in [0.05, 0.1) is 11.6 Å². The van der Waals surface area contributed by atoms with Crippen molar-refractivity contribution in [1.82, 2.24) is 10.2 Å². The van der Waals surface area contributed by atoms with Gasteiger partial charge in [-0.25, -0.2) is 4.79 Å². The highest BCUT2D eigenvalue weighted by Gasteiger charge is 2.18. The van der Waals surface area contributed by atoms with Gasteiger partial charge in [0.1, 0.15) is 5.60 Å². The Morgan fingerprint density at radius 1 is 1.38 bits per heavy atom. The van der Waals surface area contributed by atoms with Crippen LogP contribution in [0, 0.1) is 11.3 Å². The van der Waals surface area contributed by atoms with Gasteiger partial charge in [0, 0.05) is 26.7 Å². The Morgan fingerprint density at radius 3 is 2.67 bits per heavy atom.